The number of nitrogens with zero attached hydrogens (tertiary/aromatic N) is 2. The molecule has 2 rings (SSSR count). The molecule has 1 heterocycles. The summed E-state index contributed by atoms with van der Waals surface area (Å²) in [5, 5.41) is 8.89. The van der Waals surface area contributed by atoms with E-state index in [0.29, 0.717) is 12.4 Å². The standard InChI is InChI=1S/C13H14N2O3/c1-3-18-11-6-4-10(5-7-11)15-8-12(13(16)17)14-9(15)2/h4-8H,3H2,1-2H3,(H,16,17). The number of hydrogen-bond acceptors (Lipinski definition) is 3. The Kier molecular flexibility index (Phi) is 3.32. The summed E-state index contributed by atoms with van der Waals surface area (Å²) in [5.74, 6) is 0.400. The highest BCUT2D eigenvalue weighted by Gasteiger charge is 2.11. The van der Waals surface area contributed by atoms with Gasteiger partial charge in [0.25, 0.3) is 0 Å². The van der Waals surface area contributed by atoms with Gasteiger partial charge in [-0.1, -0.05) is 0 Å². The quantitative estimate of drug-likeness (QED) is 0.898. The van der Waals surface area contributed by atoms with Crippen molar-refractivity contribution >= 4 is 5.97 Å². The Morgan fingerprint density at radius 2 is 2.06 bits per heavy atom. The second-order valence-corrected chi connectivity index (χ2v) is 3.78. The number of carbonyl (C=O) groups is 1. The van der Waals surface area contributed by atoms with Gasteiger partial charge in [-0.3, -0.25) is 0 Å². The Morgan fingerprint density at radius 1 is 1.39 bits per heavy atom. The van der Waals surface area contributed by atoms with E-state index in [2.05, 4.69) is 4.98 Å². The highest BCUT2D eigenvalue weighted by atomic mass is 16.5. The first kappa shape index (κ1) is 12.2. The third kappa shape index (κ3) is 2.34. The van der Waals surface area contributed by atoms with Crippen molar-refractivity contribution < 1.29 is 14.6 Å². The van der Waals surface area contributed by atoms with E-state index in [-0.39, 0.29) is 5.69 Å². The van der Waals surface area contributed by atoms with Crippen LogP contribution in [-0.2, 0) is 0 Å². The Labute approximate surface area is 105 Å². The molecule has 0 fully saturated rings. The fraction of sp³-hybridized carbons (Fsp3) is 0.231. The Hall–Kier alpha value is -2.30. The highest BCUT2D eigenvalue weighted by molar-refractivity contribution is 5.85. The molecule has 0 atom stereocenters. The molecule has 0 aliphatic heterocycles. The maximum absolute atomic E-state index is 10.8. The molecule has 0 saturated carbocycles. The van der Waals surface area contributed by atoms with Crippen LogP contribution in [0.25, 0.3) is 5.69 Å². The number of aromatic carboxylic acids is 1. The first-order valence-corrected chi connectivity index (χ1v) is 5.64. The van der Waals surface area contributed by atoms with Crippen LogP contribution in [-0.4, -0.2) is 27.2 Å². The summed E-state index contributed by atoms with van der Waals surface area (Å²) in [6.45, 7) is 4.31. The zero-order valence-electron chi connectivity index (χ0n) is 10.3. The SMILES string of the molecule is CCOc1ccc(-n2cc(C(=O)O)nc2C)cc1. The molecule has 0 amide bonds. The van der Waals surface area contributed by atoms with Crippen molar-refractivity contribution in [2.45, 2.75) is 13.8 Å². The third-order valence-electron chi connectivity index (χ3n) is 2.53. The smallest absolute Gasteiger partial charge is 0.356 e. The molecule has 0 radical (unpaired) electrons. The van der Waals surface area contributed by atoms with Crippen molar-refractivity contribution in [1.29, 1.82) is 0 Å². The van der Waals surface area contributed by atoms with E-state index in [9.17, 15) is 4.79 Å². The van der Waals surface area contributed by atoms with Crippen molar-refractivity contribution in [2.75, 3.05) is 6.61 Å². The van der Waals surface area contributed by atoms with Crippen molar-refractivity contribution in [1.82, 2.24) is 9.55 Å². The summed E-state index contributed by atoms with van der Waals surface area (Å²) in [7, 11) is 0. The summed E-state index contributed by atoms with van der Waals surface area (Å²) < 4.78 is 7.09. The topological polar surface area (TPSA) is 64.3 Å². The summed E-state index contributed by atoms with van der Waals surface area (Å²) in [6, 6.07) is 7.42. The number of ether oxygens (including phenoxy) is 1. The molecular weight excluding hydrogens is 232 g/mol. The number of aryl methyl sites for hydroxylation is 1. The zero-order valence-corrected chi connectivity index (χ0v) is 10.3. The lowest BCUT2D eigenvalue weighted by Gasteiger charge is -2.06. The molecule has 1 N–H and O–H groups in total. The second-order valence-electron chi connectivity index (χ2n) is 3.78. The lowest BCUT2D eigenvalue weighted by Crippen LogP contribution is -1.96. The average Bonchev–Trinajstić information content (AvgIpc) is 2.73. The normalized spacial score (nSPS) is 10.3. The third-order valence-corrected chi connectivity index (χ3v) is 2.53. The number of carboxylic acids is 1. The van der Waals surface area contributed by atoms with Crippen molar-refractivity contribution in [2.24, 2.45) is 0 Å². The van der Waals surface area contributed by atoms with Gasteiger partial charge in [0, 0.05) is 11.9 Å². The van der Waals surface area contributed by atoms with Crippen LogP contribution in [0.4, 0.5) is 0 Å². The van der Waals surface area contributed by atoms with Crippen LogP contribution in [0.2, 0.25) is 0 Å². The van der Waals surface area contributed by atoms with Crippen LogP contribution in [0.1, 0.15) is 23.2 Å². The first-order valence-electron chi connectivity index (χ1n) is 5.64. The predicted octanol–water partition coefficient (Wildman–Crippen LogP) is 2.28. The molecule has 5 heteroatoms. The van der Waals surface area contributed by atoms with Gasteiger partial charge in [-0.2, -0.15) is 0 Å². The number of imidazole rings is 1. The van der Waals surface area contributed by atoms with E-state index >= 15 is 0 Å². The van der Waals surface area contributed by atoms with Gasteiger partial charge < -0.3 is 14.4 Å². The number of rotatable bonds is 4. The van der Waals surface area contributed by atoms with Gasteiger partial charge in [-0.15, -0.1) is 0 Å². The zero-order chi connectivity index (χ0) is 13.1. The lowest BCUT2D eigenvalue weighted by atomic mass is 10.3. The maximum Gasteiger partial charge on any atom is 0.356 e. The minimum Gasteiger partial charge on any atom is -0.494 e. The Balaban J connectivity index is 2.33. The van der Waals surface area contributed by atoms with Crippen LogP contribution in [0.3, 0.4) is 0 Å². The van der Waals surface area contributed by atoms with Gasteiger partial charge in [-0.25, -0.2) is 9.78 Å². The van der Waals surface area contributed by atoms with Crippen LogP contribution in [0.5, 0.6) is 5.75 Å². The van der Waals surface area contributed by atoms with Gasteiger partial charge >= 0.3 is 5.97 Å². The molecule has 5 nitrogen and oxygen atoms in total. The number of benzene rings is 1. The average molecular weight is 246 g/mol. The molecular formula is C13H14N2O3. The molecule has 0 aliphatic rings. The fourth-order valence-corrected chi connectivity index (χ4v) is 1.71. The van der Waals surface area contributed by atoms with Gasteiger partial charge in [0.05, 0.1) is 6.61 Å². The highest BCUT2D eigenvalue weighted by Crippen LogP contribution is 2.17. The van der Waals surface area contributed by atoms with Crippen molar-refractivity contribution in [3.05, 3.63) is 42.0 Å². The predicted molar refractivity (Wildman–Crippen MR) is 66.4 cm³/mol. The molecule has 1 aromatic carbocycles. The number of aromatic nitrogens is 2. The van der Waals surface area contributed by atoms with Crippen molar-refractivity contribution in [3.8, 4) is 11.4 Å². The van der Waals surface area contributed by atoms with Crippen LogP contribution in [0.15, 0.2) is 30.5 Å². The largest absolute Gasteiger partial charge is 0.494 e. The molecule has 0 bridgehead atoms. The summed E-state index contributed by atoms with van der Waals surface area (Å²) >= 11 is 0. The minimum absolute atomic E-state index is 0.0429. The molecule has 0 unspecified atom stereocenters. The van der Waals surface area contributed by atoms with E-state index < -0.39 is 5.97 Å². The molecule has 18 heavy (non-hydrogen) atoms. The van der Waals surface area contributed by atoms with E-state index in [1.165, 1.54) is 6.20 Å². The summed E-state index contributed by atoms with van der Waals surface area (Å²) in [6.07, 6.45) is 1.51. The Morgan fingerprint density at radius 3 is 2.56 bits per heavy atom. The second kappa shape index (κ2) is 4.91. The van der Waals surface area contributed by atoms with Crippen LogP contribution < -0.4 is 4.74 Å². The van der Waals surface area contributed by atoms with E-state index in [0.717, 1.165) is 11.4 Å². The van der Waals surface area contributed by atoms with E-state index in [1.807, 2.05) is 31.2 Å². The van der Waals surface area contributed by atoms with Gasteiger partial charge in [0.15, 0.2) is 5.69 Å². The van der Waals surface area contributed by atoms with E-state index in [4.69, 9.17) is 9.84 Å². The summed E-state index contributed by atoms with van der Waals surface area (Å²) in [5.41, 5.74) is 0.900. The minimum atomic E-state index is -1.03. The molecule has 0 aliphatic carbocycles. The molecule has 1 aromatic heterocycles. The summed E-state index contributed by atoms with van der Waals surface area (Å²) in [4.78, 5) is 14.8. The van der Waals surface area contributed by atoms with Crippen LogP contribution >= 0.6 is 0 Å². The Bertz CT molecular complexity index is 558. The van der Waals surface area contributed by atoms with Crippen LogP contribution in [0, 0.1) is 6.92 Å². The van der Waals surface area contributed by atoms with Gasteiger partial charge in [-0.05, 0) is 38.1 Å². The number of carboxylic acid groups (broad SMARTS) is 1. The van der Waals surface area contributed by atoms with E-state index in [1.54, 1.807) is 11.5 Å². The molecule has 2 aromatic rings. The van der Waals surface area contributed by atoms with Gasteiger partial charge in [0.2, 0.25) is 0 Å². The molecule has 0 spiro atoms. The van der Waals surface area contributed by atoms with Gasteiger partial charge in [0.1, 0.15) is 11.6 Å². The first-order chi connectivity index (χ1) is 8.61. The monoisotopic (exact) mass is 246 g/mol. The molecule has 94 valence electrons. The fourth-order valence-electron chi connectivity index (χ4n) is 1.71. The molecule has 0 saturated heterocycles. The lowest BCUT2D eigenvalue weighted by molar-refractivity contribution is 0.0691. The number of hydrogen-bond donors (Lipinski definition) is 1. The maximum atomic E-state index is 10.8. The van der Waals surface area contributed by atoms with Crippen molar-refractivity contribution in [3.63, 3.8) is 0 Å².